The average Bonchev–Trinajstić information content (AvgIpc) is 2.17. The monoisotopic (exact) mass is 288 g/mol. The lowest BCUT2D eigenvalue weighted by atomic mass is 9.90. The van der Waals surface area contributed by atoms with Crippen molar-refractivity contribution in [2.45, 2.75) is 39.7 Å². The summed E-state index contributed by atoms with van der Waals surface area (Å²) in [5.41, 5.74) is 1.24. The lowest BCUT2D eigenvalue weighted by Gasteiger charge is -2.22. The molecule has 0 aliphatic heterocycles. The van der Waals surface area contributed by atoms with Gasteiger partial charge < -0.3 is 5.11 Å². The van der Waals surface area contributed by atoms with Crippen LogP contribution in [0.15, 0.2) is 16.6 Å². The number of hydrogen-bond acceptors (Lipinski definition) is 1. The van der Waals surface area contributed by atoms with Crippen molar-refractivity contribution in [2.24, 2.45) is 5.92 Å². The highest BCUT2D eigenvalue weighted by Crippen LogP contribution is 2.34. The SMILES string of the molecule is CCC(CC)C(O)c1c(F)cc(C)cc1Br. The number of rotatable bonds is 4. The maximum atomic E-state index is 13.8. The van der Waals surface area contributed by atoms with Crippen LogP contribution in [0, 0.1) is 18.7 Å². The smallest absolute Gasteiger partial charge is 0.130 e. The van der Waals surface area contributed by atoms with Crippen molar-refractivity contribution in [3.63, 3.8) is 0 Å². The second-order valence-corrected chi connectivity index (χ2v) is 5.02. The van der Waals surface area contributed by atoms with Gasteiger partial charge in [0.1, 0.15) is 5.82 Å². The summed E-state index contributed by atoms with van der Waals surface area (Å²) < 4.78 is 14.5. The zero-order valence-corrected chi connectivity index (χ0v) is 11.5. The molecule has 0 saturated carbocycles. The first kappa shape index (κ1) is 13.7. The van der Waals surface area contributed by atoms with E-state index in [1.54, 1.807) is 0 Å². The fourth-order valence-electron chi connectivity index (χ4n) is 1.96. The third-order valence-corrected chi connectivity index (χ3v) is 3.67. The average molecular weight is 289 g/mol. The summed E-state index contributed by atoms with van der Waals surface area (Å²) >= 11 is 3.33. The summed E-state index contributed by atoms with van der Waals surface area (Å²) in [7, 11) is 0. The van der Waals surface area contributed by atoms with Crippen LogP contribution in [0.1, 0.15) is 43.9 Å². The molecule has 1 N–H and O–H groups in total. The molecule has 1 rings (SSSR count). The van der Waals surface area contributed by atoms with E-state index in [-0.39, 0.29) is 11.7 Å². The van der Waals surface area contributed by atoms with Gasteiger partial charge in [0.05, 0.1) is 6.10 Å². The maximum Gasteiger partial charge on any atom is 0.130 e. The van der Waals surface area contributed by atoms with Gasteiger partial charge in [0.2, 0.25) is 0 Å². The Hall–Kier alpha value is -0.410. The Balaban J connectivity index is 3.12. The first-order chi connectivity index (χ1) is 7.51. The van der Waals surface area contributed by atoms with Crippen LogP contribution in [0.4, 0.5) is 4.39 Å². The van der Waals surface area contributed by atoms with Gasteiger partial charge in [-0.1, -0.05) is 42.6 Å². The van der Waals surface area contributed by atoms with Crippen LogP contribution in [0.2, 0.25) is 0 Å². The van der Waals surface area contributed by atoms with Crippen LogP contribution >= 0.6 is 15.9 Å². The Morgan fingerprint density at radius 3 is 2.31 bits per heavy atom. The summed E-state index contributed by atoms with van der Waals surface area (Å²) in [6, 6.07) is 3.30. The van der Waals surface area contributed by atoms with E-state index >= 15 is 0 Å². The molecule has 16 heavy (non-hydrogen) atoms. The summed E-state index contributed by atoms with van der Waals surface area (Å²) in [6.45, 7) is 5.86. The molecule has 0 aromatic heterocycles. The fraction of sp³-hybridized carbons (Fsp3) is 0.538. The van der Waals surface area contributed by atoms with Crippen molar-refractivity contribution in [3.05, 3.63) is 33.5 Å². The predicted octanol–water partition coefficient (Wildman–Crippen LogP) is 4.37. The Morgan fingerprint density at radius 2 is 1.88 bits per heavy atom. The van der Waals surface area contributed by atoms with Gasteiger partial charge >= 0.3 is 0 Å². The molecule has 1 unspecified atom stereocenters. The van der Waals surface area contributed by atoms with E-state index in [9.17, 15) is 9.50 Å². The molecule has 0 amide bonds. The van der Waals surface area contributed by atoms with Crippen molar-refractivity contribution >= 4 is 15.9 Å². The quantitative estimate of drug-likeness (QED) is 0.872. The Kier molecular flexibility index (Phi) is 4.93. The highest BCUT2D eigenvalue weighted by atomic mass is 79.9. The molecule has 1 atom stereocenters. The largest absolute Gasteiger partial charge is 0.388 e. The van der Waals surface area contributed by atoms with Gasteiger partial charge in [-0.25, -0.2) is 4.39 Å². The summed E-state index contributed by atoms with van der Waals surface area (Å²) in [5, 5.41) is 10.2. The molecule has 0 saturated heterocycles. The van der Waals surface area contributed by atoms with E-state index < -0.39 is 6.10 Å². The van der Waals surface area contributed by atoms with Crippen LogP contribution in [0.25, 0.3) is 0 Å². The standard InChI is InChI=1S/C13H18BrFO/c1-4-9(5-2)13(16)12-10(14)6-8(3)7-11(12)15/h6-7,9,13,16H,4-5H2,1-3H3. The molecule has 90 valence electrons. The van der Waals surface area contributed by atoms with Crippen LogP contribution < -0.4 is 0 Å². The van der Waals surface area contributed by atoms with E-state index in [0.29, 0.717) is 10.0 Å². The molecule has 1 nitrogen and oxygen atoms in total. The third-order valence-electron chi connectivity index (χ3n) is 3.01. The Morgan fingerprint density at radius 1 is 1.31 bits per heavy atom. The zero-order valence-electron chi connectivity index (χ0n) is 9.93. The summed E-state index contributed by atoms with van der Waals surface area (Å²) in [6.07, 6.45) is 0.958. The van der Waals surface area contributed by atoms with Gasteiger partial charge in [0.15, 0.2) is 0 Å². The Bertz CT molecular complexity index is 338. The van der Waals surface area contributed by atoms with Crippen molar-refractivity contribution in [2.75, 3.05) is 0 Å². The number of halogens is 2. The molecule has 0 fully saturated rings. The normalized spacial score (nSPS) is 13.2. The topological polar surface area (TPSA) is 20.2 Å². The molecule has 0 aliphatic carbocycles. The molecule has 0 spiro atoms. The molecular formula is C13H18BrFO. The molecule has 0 heterocycles. The molecule has 0 bridgehead atoms. The van der Waals surface area contributed by atoms with Gasteiger partial charge in [-0.05, 0) is 30.5 Å². The number of aliphatic hydroxyl groups excluding tert-OH is 1. The van der Waals surface area contributed by atoms with Crippen LogP contribution in [-0.4, -0.2) is 5.11 Å². The minimum absolute atomic E-state index is 0.105. The first-order valence-corrected chi connectivity index (χ1v) is 6.44. The predicted molar refractivity (Wildman–Crippen MR) is 67.9 cm³/mol. The van der Waals surface area contributed by atoms with Crippen molar-refractivity contribution in [1.29, 1.82) is 0 Å². The van der Waals surface area contributed by atoms with E-state index in [2.05, 4.69) is 15.9 Å². The van der Waals surface area contributed by atoms with Gasteiger partial charge in [0.25, 0.3) is 0 Å². The van der Waals surface area contributed by atoms with Crippen LogP contribution in [0.3, 0.4) is 0 Å². The highest BCUT2D eigenvalue weighted by molar-refractivity contribution is 9.10. The highest BCUT2D eigenvalue weighted by Gasteiger charge is 2.23. The Labute approximate surface area is 105 Å². The van der Waals surface area contributed by atoms with Gasteiger partial charge in [-0.3, -0.25) is 0 Å². The molecule has 1 aromatic rings. The summed E-state index contributed by atoms with van der Waals surface area (Å²) in [4.78, 5) is 0. The fourth-order valence-corrected chi connectivity index (χ4v) is 2.75. The van der Waals surface area contributed by atoms with Gasteiger partial charge in [-0.15, -0.1) is 0 Å². The number of aryl methyl sites for hydroxylation is 1. The number of aliphatic hydroxyl groups is 1. The van der Waals surface area contributed by atoms with Crippen LogP contribution in [0.5, 0.6) is 0 Å². The van der Waals surface area contributed by atoms with E-state index in [1.165, 1.54) is 6.07 Å². The van der Waals surface area contributed by atoms with Gasteiger partial charge in [-0.2, -0.15) is 0 Å². The third kappa shape index (κ3) is 2.83. The second kappa shape index (κ2) is 5.78. The van der Waals surface area contributed by atoms with E-state index in [0.717, 1.165) is 18.4 Å². The minimum Gasteiger partial charge on any atom is -0.388 e. The molecule has 1 aromatic carbocycles. The first-order valence-electron chi connectivity index (χ1n) is 5.64. The van der Waals surface area contributed by atoms with E-state index in [1.807, 2.05) is 26.8 Å². The lowest BCUT2D eigenvalue weighted by molar-refractivity contribution is 0.0988. The zero-order chi connectivity index (χ0) is 12.3. The maximum absolute atomic E-state index is 13.8. The minimum atomic E-state index is -0.732. The number of hydrogen-bond donors (Lipinski definition) is 1. The van der Waals surface area contributed by atoms with Gasteiger partial charge in [0, 0.05) is 10.0 Å². The second-order valence-electron chi connectivity index (χ2n) is 4.16. The molecule has 3 heteroatoms. The summed E-state index contributed by atoms with van der Waals surface area (Å²) in [5.74, 6) is -0.222. The van der Waals surface area contributed by atoms with Crippen LogP contribution in [-0.2, 0) is 0 Å². The van der Waals surface area contributed by atoms with Crippen molar-refractivity contribution < 1.29 is 9.50 Å². The molecule has 0 aliphatic rings. The van der Waals surface area contributed by atoms with Crippen molar-refractivity contribution in [3.8, 4) is 0 Å². The van der Waals surface area contributed by atoms with E-state index in [4.69, 9.17) is 0 Å². The lowest BCUT2D eigenvalue weighted by Crippen LogP contribution is -2.13. The molecule has 0 radical (unpaired) electrons. The van der Waals surface area contributed by atoms with Crippen molar-refractivity contribution in [1.82, 2.24) is 0 Å². The molecular weight excluding hydrogens is 271 g/mol. The number of benzene rings is 1.